The van der Waals surface area contributed by atoms with E-state index in [1.165, 1.54) is 0 Å². The number of thiazole rings is 1. The number of aliphatic imine (C=N–C) groups is 1. The van der Waals surface area contributed by atoms with Crippen LogP contribution in [0.3, 0.4) is 0 Å². The Morgan fingerprint density at radius 2 is 2.14 bits per heavy atom. The number of hydrogen-bond donors (Lipinski definition) is 0. The van der Waals surface area contributed by atoms with E-state index in [4.69, 9.17) is 21.3 Å². The summed E-state index contributed by atoms with van der Waals surface area (Å²) in [5.41, 5.74) is 5.20. The summed E-state index contributed by atoms with van der Waals surface area (Å²) in [6, 6.07) is 7.15. The van der Waals surface area contributed by atoms with Gasteiger partial charge in [-0.05, 0) is 32.4 Å². The zero-order valence-corrected chi connectivity index (χ0v) is 17.3. The lowest BCUT2D eigenvalue weighted by Gasteiger charge is -2.28. The minimum Gasteiger partial charge on any atom is -0.496 e. The first-order valence-corrected chi connectivity index (χ1v) is 10.1. The van der Waals surface area contributed by atoms with Crippen LogP contribution in [-0.4, -0.2) is 23.8 Å². The molecule has 6 heteroatoms. The van der Waals surface area contributed by atoms with Crippen molar-refractivity contribution in [1.82, 2.24) is 4.98 Å². The van der Waals surface area contributed by atoms with Crippen molar-refractivity contribution < 1.29 is 4.74 Å². The summed E-state index contributed by atoms with van der Waals surface area (Å²) in [4.78, 5) is 13.5. The van der Waals surface area contributed by atoms with E-state index in [2.05, 4.69) is 17.8 Å². The van der Waals surface area contributed by atoms with E-state index in [1.807, 2.05) is 25.3 Å². The van der Waals surface area contributed by atoms with Crippen LogP contribution < -0.4 is 4.74 Å². The summed E-state index contributed by atoms with van der Waals surface area (Å²) >= 11 is 1.58. The normalized spacial score (nSPS) is 19.0. The molecule has 0 bridgehead atoms. The highest BCUT2D eigenvalue weighted by atomic mass is 32.1. The second kappa shape index (κ2) is 8.37. The van der Waals surface area contributed by atoms with Crippen molar-refractivity contribution in [3.63, 3.8) is 0 Å². The minimum atomic E-state index is -0.429. The number of methoxy groups -OCH3 is 1. The Kier molecular flexibility index (Phi) is 5.92. The summed E-state index contributed by atoms with van der Waals surface area (Å²) in [6.45, 7) is 13.9. The number of aryl methyl sites for hydroxylation is 1. The molecule has 1 aliphatic rings. The highest BCUT2D eigenvalue weighted by Gasteiger charge is 2.41. The summed E-state index contributed by atoms with van der Waals surface area (Å²) in [5, 5.41) is 12.2. The lowest BCUT2D eigenvalue weighted by Crippen LogP contribution is -2.29. The number of aromatic nitrogens is 1. The predicted molar refractivity (Wildman–Crippen MR) is 113 cm³/mol. The van der Waals surface area contributed by atoms with Crippen molar-refractivity contribution in [1.29, 1.82) is 5.26 Å². The second-order valence-electron chi connectivity index (χ2n) is 6.78. The molecule has 1 aromatic heterocycles. The molecule has 0 spiro atoms. The van der Waals surface area contributed by atoms with Gasteiger partial charge >= 0.3 is 0 Å². The smallest absolute Gasteiger partial charge is 0.272 e. The van der Waals surface area contributed by atoms with Gasteiger partial charge in [0.1, 0.15) is 10.8 Å². The zero-order chi connectivity index (χ0) is 20.3. The minimum absolute atomic E-state index is 0.232. The number of allylic oxidation sites excluding steroid dienone is 1. The maximum Gasteiger partial charge on any atom is 0.272 e. The number of ether oxygens (including phenoxy) is 1. The van der Waals surface area contributed by atoms with Crippen LogP contribution in [-0.2, 0) is 0 Å². The number of nitriles is 1. The molecule has 0 amide bonds. The fourth-order valence-corrected chi connectivity index (χ4v) is 4.51. The average molecular weight is 391 g/mol. The Labute approximate surface area is 169 Å². The number of nitrogens with zero attached hydrogens (tertiary/aromatic N) is 4. The first-order valence-electron chi connectivity index (χ1n) is 9.19. The van der Waals surface area contributed by atoms with Crippen LogP contribution >= 0.6 is 11.3 Å². The molecule has 2 unspecified atom stereocenters. The molecular weight excluding hydrogens is 368 g/mol. The van der Waals surface area contributed by atoms with Crippen LogP contribution in [0.4, 0.5) is 0 Å². The first-order chi connectivity index (χ1) is 13.5. The lowest BCUT2D eigenvalue weighted by molar-refractivity contribution is 0.408. The van der Waals surface area contributed by atoms with Gasteiger partial charge in [0.2, 0.25) is 0 Å². The quantitative estimate of drug-likeness (QED) is 0.643. The summed E-state index contributed by atoms with van der Waals surface area (Å²) in [6.07, 6.45) is 1.78. The van der Waals surface area contributed by atoms with Gasteiger partial charge in [-0.25, -0.2) is 11.6 Å². The highest BCUT2D eigenvalue weighted by Crippen LogP contribution is 2.46. The zero-order valence-electron chi connectivity index (χ0n) is 16.5. The van der Waals surface area contributed by atoms with Crippen LogP contribution in [0.1, 0.15) is 54.4 Å². The third kappa shape index (κ3) is 3.56. The Morgan fingerprint density at radius 3 is 2.71 bits per heavy atom. The second-order valence-corrected chi connectivity index (χ2v) is 7.64. The van der Waals surface area contributed by atoms with Crippen LogP contribution in [0.25, 0.3) is 10.4 Å². The van der Waals surface area contributed by atoms with Gasteiger partial charge < -0.3 is 9.58 Å². The van der Waals surface area contributed by atoms with Gasteiger partial charge in [0.25, 0.3) is 6.04 Å². The molecule has 0 N–H and O–H groups in total. The van der Waals surface area contributed by atoms with Gasteiger partial charge in [0, 0.05) is 27.9 Å². The topological polar surface area (TPSA) is 62.6 Å². The Hall–Kier alpha value is -2.96. The van der Waals surface area contributed by atoms with Gasteiger partial charge in [-0.1, -0.05) is 19.4 Å². The molecule has 0 saturated heterocycles. The number of hydrogen-bond acceptors (Lipinski definition) is 5. The van der Waals surface area contributed by atoms with Crippen molar-refractivity contribution in [3.05, 3.63) is 62.5 Å². The van der Waals surface area contributed by atoms with Crippen molar-refractivity contribution >= 4 is 22.6 Å². The van der Waals surface area contributed by atoms with E-state index in [1.54, 1.807) is 30.6 Å². The first kappa shape index (κ1) is 19.8. The molecule has 0 radical (unpaired) electrons. The molecule has 0 aliphatic carbocycles. The molecule has 0 saturated carbocycles. The fraction of sp³-hybridized carbons (Fsp3) is 0.364. The van der Waals surface area contributed by atoms with Crippen LogP contribution in [0, 0.1) is 24.8 Å². The Morgan fingerprint density at radius 1 is 1.36 bits per heavy atom. The Balaban J connectivity index is 2.30. The summed E-state index contributed by atoms with van der Waals surface area (Å²) < 4.78 is 5.62. The van der Waals surface area contributed by atoms with Gasteiger partial charge in [-0.3, -0.25) is 4.99 Å². The van der Waals surface area contributed by atoms with E-state index >= 15 is 0 Å². The van der Waals surface area contributed by atoms with Crippen LogP contribution in [0.5, 0.6) is 5.75 Å². The molecule has 2 atom stereocenters. The predicted octanol–water partition coefficient (Wildman–Crippen LogP) is 5.39. The van der Waals surface area contributed by atoms with Gasteiger partial charge in [-0.15, -0.1) is 11.3 Å². The molecule has 142 valence electrons. The molecule has 1 aromatic carbocycles. The van der Waals surface area contributed by atoms with Gasteiger partial charge in [0.15, 0.2) is 0 Å². The number of rotatable bonds is 5. The van der Waals surface area contributed by atoms with E-state index in [9.17, 15) is 5.26 Å². The highest BCUT2D eigenvalue weighted by molar-refractivity contribution is 7.10. The van der Waals surface area contributed by atoms with Crippen molar-refractivity contribution in [2.24, 2.45) is 4.99 Å². The molecule has 2 heterocycles. The van der Waals surface area contributed by atoms with E-state index in [0.29, 0.717) is 11.3 Å². The summed E-state index contributed by atoms with van der Waals surface area (Å²) in [7, 11) is 1.60. The standard InChI is InChI=1S/C22H22N4OS/c1-6-7-17-20(22-25-13(2)12-28-22)19(21(24-4)14(3)26-17)16-9-8-15(11-23)10-18(16)27-5/h8-10,12,19,21H,6-7H2,1-3,5H3. The van der Waals surface area contributed by atoms with Gasteiger partial charge in [0.05, 0.1) is 30.4 Å². The van der Waals surface area contributed by atoms with E-state index < -0.39 is 6.04 Å². The van der Waals surface area contributed by atoms with Crippen molar-refractivity contribution in [2.45, 2.75) is 45.6 Å². The molecule has 5 nitrogen and oxygen atoms in total. The van der Waals surface area contributed by atoms with Gasteiger partial charge in [-0.2, -0.15) is 5.26 Å². The van der Waals surface area contributed by atoms with E-state index in [0.717, 1.165) is 46.1 Å². The summed E-state index contributed by atoms with van der Waals surface area (Å²) in [5.74, 6) is 0.388. The van der Waals surface area contributed by atoms with Crippen molar-refractivity contribution in [3.8, 4) is 11.8 Å². The maximum absolute atomic E-state index is 9.25. The van der Waals surface area contributed by atoms with Crippen LogP contribution in [0.15, 0.2) is 34.3 Å². The largest absolute Gasteiger partial charge is 0.496 e. The average Bonchev–Trinajstić information content (AvgIpc) is 3.13. The lowest BCUT2D eigenvalue weighted by atomic mass is 9.79. The molecule has 2 aromatic rings. The molecule has 28 heavy (non-hydrogen) atoms. The fourth-order valence-electron chi connectivity index (χ4n) is 3.61. The van der Waals surface area contributed by atoms with Crippen LogP contribution in [0.2, 0.25) is 0 Å². The third-order valence-corrected chi connectivity index (χ3v) is 5.84. The maximum atomic E-state index is 9.25. The Bertz CT molecular complexity index is 1040. The third-order valence-electron chi connectivity index (χ3n) is 4.85. The monoisotopic (exact) mass is 390 g/mol. The van der Waals surface area contributed by atoms with E-state index in [-0.39, 0.29) is 5.92 Å². The molecule has 1 aliphatic heterocycles. The SMILES string of the molecule is [C-]#[N+]C1C(C)=NC(CCC)=C(c2nc(C)cs2)C1c1ccc(C#N)cc1OC. The number of benzene rings is 1. The molecule has 0 fully saturated rings. The molecule has 3 rings (SSSR count). The molecular formula is C22H22N4OS. The van der Waals surface area contributed by atoms with Crippen molar-refractivity contribution in [2.75, 3.05) is 7.11 Å².